The largest absolute Gasteiger partial charge is 0.447 e. The van der Waals surface area contributed by atoms with E-state index < -0.39 is 18.1 Å². The predicted molar refractivity (Wildman–Crippen MR) is 182 cm³/mol. The van der Waals surface area contributed by atoms with Gasteiger partial charge in [0.2, 0.25) is 10.0 Å². The van der Waals surface area contributed by atoms with E-state index >= 15 is 0 Å². The molecule has 1 fully saturated rings. The maximum Gasteiger partial charge on any atom is 0.407 e. The Kier molecular flexibility index (Phi) is 12.4. The van der Waals surface area contributed by atoms with Crippen LogP contribution in [0.1, 0.15) is 68.8 Å². The van der Waals surface area contributed by atoms with Crippen LogP contribution in [0, 0.1) is 0 Å². The molecule has 3 aromatic rings. The van der Waals surface area contributed by atoms with Crippen LogP contribution in [0.2, 0.25) is 25.7 Å². The van der Waals surface area contributed by atoms with Crippen LogP contribution in [0.5, 0.6) is 0 Å². The van der Waals surface area contributed by atoms with Crippen molar-refractivity contribution in [2.75, 3.05) is 13.2 Å². The van der Waals surface area contributed by atoms with E-state index in [9.17, 15) is 13.2 Å². The van der Waals surface area contributed by atoms with Crippen LogP contribution in [-0.2, 0) is 39.1 Å². The van der Waals surface area contributed by atoms with Crippen molar-refractivity contribution in [2.24, 2.45) is 0 Å². The highest BCUT2D eigenvalue weighted by atomic mass is 32.2. The Bertz CT molecular complexity index is 1510. The molecule has 0 saturated heterocycles. The molecule has 0 unspecified atom stereocenters. The lowest BCUT2D eigenvalue weighted by Crippen LogP contribution is -2.38. The lowest BCUT2D eigenvalue weighted by atomic mass is 9.86. The standard InChI is InChI=1S/C32H49N5O5S2Si/c1-7-35-44(39,40)29-20-24(9-15-30-33-16-17-37(30)22-41-18-19-45(4,5)6)8-14-27(29)28-21-34-31(43-28)25-10-12-26(13-11-25)36-32(38)42-23(2)3/h8,14,16-17,20-21,23,25-26,35H,7,9-13,15,18-19,22H2,1-6H3,(H,36,38). The van der Waals surface area contributed by atoms with Gasteiger partial charge in [-0.25, -0.2) is 27.9 Å². The van der Waals surface area contributed by atoms with Crippen LogP contribution < -0.4 is 10.0 Å². The molecular weight excluding hydrogens is 627 g/mol. The van der Waals surface area contributed by atoms with Gasteiger partial charge in [0.15, 0.2) is 0 Å². The zero-order valence-electron chi connectivity index (χ0n) is 27.5. The molecule has 2 aromatic heterocycles. The molecule has 2 heterocycles. The molecule has 4 rings (SSSR count). The molecule has 1 amide bonds. The summed E-state index contributed by atoms with van der Waals surface area (Å²) in [6.45, 7) is 14.0. The van der Waals surface area contributed by atoms with Crippen molar-refractivity contribution in [2.45, 2.75) is 115 Å². The van der Waals surface area contributed by atoms with Crippen molar-refractivity contribution in [3.63, 3.8) is 0 Å². The minimum atomic E-state index is -3.72. The molecule has 1 aromatic carbocycles. The number of carbonyl (C=O) groups excluding carboxylic acids is 1. The molecule has 0 atom stereocenters. The molecule has 0 spiro atoms. The van der Waals surface area contributed by atoms with Crippen molar-refractivity contribution < 1.29 is 22.7 Å². The number of hydrogen-bond donors (Lipinski definition) is 2. The number of carbonyl (C=O) groups is 1. The van der Waals surface area contributed by atoms with E-state index in [-0.39, 0.29) is 29.1 Å². The van der Waals surface area contributed by atoms with Gasteiger partial charge in [0, 0.05) is 63.8 Å². The Morgan fingerprint density at radius 2 is 1.89 bits per heavy atom. The quantitative estimate of drug-likeness (QED) is 0.138. The molecule has 1 saturated carbocycles. The van der Waals surface area contributed by atoms with Crippen molar-refractivity contribution >= 4 is 35.5 Å². The fourth-order valence-electron chi connectivity index (χ4n) is 5.40. The minimum Gasteiger partial charge on any atom is -0.447 e. The van der Waals surface area contributed by atoms with Gasteiger partial charge in [0.25, 0.3) is 0 Å². The number of aromatic nitrogens is 3. The summed E-state index contributed by atoms with van der Waals surface area (Å²) >= 11 is 1.55. The van der Waals surface area contributed by atoms with Crippen LogP contribution in [0.3, 0.4) is 0 Å². The monoisotopic (exact) mass is 675 g/mol. The number of hydrogen-bond acceptors (Lipinski definition) is 8. The highest BCUT2D eigenvalue weighted by Gasteiger charge is 2.27. The van der Waals surface area contributed by atoms with E-state index in [4.69, 9.17) is 14.5 Å². The number of aryl methyl sites for hydroxylation is 2. The second-order valence-electron chi connectivity index (χ2n) is 13.2. The molecule has 0 radical (unpaired) electrons. The third kappa shape index (κ3) is 10.5. The Balaban J connectivity index is 1.44. The second-order valence-corrected chi connectivity index (χ2v) is 21.6. The van der Waals surface area contributed by atoms with E-state index in [1.807, 2.05) is 36.7 Å². The number of rotatable bonds is 15. The SMILES string of the molecule is CCNS(=O)(=O)c1cc(CCc2nccn2COCC[Si](C)(C)C)ccc1-c1cnc(C2CCC(NC(=O)OC(C)C)CC2)s1. The van der Waals surface area contributed by atoms with E-state index in [0.717, 1.165) is 59.6 Å². The molecule has 2 N–H and O–H groups in total. The number of alkyl carbamates (subject to hydrolysis) is 1. The van der Waals surface area contributed by atoms with Gasteiger partial charge in [0.1, 0.15) is 12.6 Å². The zero-order chi connectivity index (χ0) is 32.6. The topological polar surface area (TPSA) is 124 Å². The third-order valence-corrected chi connectivity index (χ3v) is 12.3. The van der Waals surface area contributed by atoms with Crippen molar-refractivity contribution in [1.29, 1.82) is 0 Å². The number of nitrogens with one attached hydrogen (secondary N) is 2. The van der Waals surface area contributed by atoms with Crippen LogP contribution in [0.15, 0.2) is 41.7 Å². The van der Waals surface area contributed by atoms with E-state index in [1.54, 1.807) is 36.7 Å². The van der Waals surface area contributed by atoms with Crippen molar-refractivity contribution in [3.05, 3.63) is 53.2 Å². The normalized spacial score (nSPS) is 17.5. The molecule has 0 bridgehead atoms. The maximum atomic E-state index is 13.4. The smallest absolute Gasteiger partial charge is 0.407 e. The lowest BCUT2D eigenvalue weighted by Gasteiger charge is -2.28. The van der Waals surface area contributed by atoms with Gasteiger partial charge in [-0.2, -0.15) is 0 Å². The average molecular weight is 676 g/mol. The Morgan fingerprint density at radius 3 is 2.58 bits per heavy atom. The molecule has 1 aliphatic carbocycles. The summed E-state index contributed by atoms with van der Waals surface area (Å²) < 4.78 is 42.6. The summed E-state index contributed by atoms with van der Waals surface area (Å²) in [7, 11) is -4.87. The summed E-state index contributed by atoms with van der Waals surface area (Å²) in [4.78, 5) is 22.4. The van der Waals surface area contributed by atoms with Gasteiger partial charge in [-0.15, -0.1) is 11.3 Å². The van der Waals surface area contributed by atoms with Gasteiger partial charge in [-0.3, -0.25) is 0 Å². The van der Waals surface area contributed by atoms with E-state index in [1.165, 1.54) is 0 Å². The molecule has 10 nitrogen and oxygen atoms in total. The van der Waals surface area contributed by atoms with Crippen molar-refractivity contribution in [3.8, 4) is 10.4 Å². The van der Waals surface area contributed by atoms with E-state index in [0.29, 0.717) is 31.7 Å². The van der Waals surface area contributed by atoms with Gasteiger partial charge in [0.05, 0.1) is 20.9 Å². The first-order valence-corrected chi connectivity index (χ1v) is 22.0. The van der Waals surface area contributed by atoms with Gasteiger partial charge < -0.3 is 19.4 Å². The summed E-state index contributed by atoms with van der Waals surface area (Å²) in [6, 6.07) is 6.91. The molecule has 0 aliphatic heterocycles. The van der Waals surface area contributed by atoms with E-state index in [2.05, 4.69) is 34.7 Å². The molecule has 248 valence electrons. The molecular formula is C32H49N5O5S2Si. The Labute approximate surface area is 273 Å². The van der Waals surface area contributed by atoms with Crippen molar-refractivity contribution in [1.82, 2.24) is 24.6 Å². The number of thiazole rings is 1. The predicted octanol–water partition coefficient (Wildman–Crippen LogP) is 6.56. The minimum absolute atomic E-state index is 0.0943. The van der Waals surface area contributed by atoms with Crippen LogP contribution >= 0.6 is 11.3 Å². The first-order chi connectivity index (χ1) is 21.3. The first kappa shape index (κ1) is 35.3. The van der Waals surface area contributed by atoms with Gasteiger partial charge >= 0.3 is 6.09 Å². The Hall–Kier alpha value is -2.58. The molecule has 13 heteroatoms. The van der Waals surface area contributed by atoms with Gasteiger partial charge in [-0.05, 0) is 63.6 Å². The Morgan fingerprint density at radius 1 is 1.13 bits per heavy atom. The van der Waals surface area contributed by atoms with Crippen LogP contribution in [0.4, 0.5) is 4.79 Å². The van der Waals surface area contributed by atoms with Gasteiger partial charge in [-0.1, -0.05) is 38.7 Å². The third-order valence-electron chi connectivity index (χ3n) is 7.87. The summed E-state index contributed by atoms with van der Waals surface area (Å²) in [5, 5.41) is 3.97. The maximum absolute atomic E-state index is 13.4. The number of ether oxygens (including phenoxy) is 2. The number of sulfonamides is 1. The number of benzene rings is 1. The lowest BCUT2D eigenvalue weighted by molar-refractivity contribution is 0.0851. The average Bonchev–Trinajstić information content (AvgIpc) is 3.63. The second kappa shape index (κ2) is 15.8. The molecule has 1 aliphatic rings. The molecule has 45 heavy (non-hydrogen) atoms. The summed E-state index contributed by atoms with van der Waals surface area (Å²) in [5.74, 6) is 1.19. The first-order valence-electron chi connectivity index (χ1n) is 16.0. The van der Waals surface area contributed by atoms with Crippen LogP contribution in [0.25, 0.3) is 10.4 Å². The zero-order valence-corrected chi connectivity index (χ0v) is 30.1. The highest BCUT2D eigenvalue weighted by Crippen LogP contribution is 2.39. The van der Waals surface area contributed by atoms with Crippen LogP contribution in [-0.4, -0.2) is 62.4 Å². The number of amides is 1. The summed E-state index contributed by atoms with van der Waals surface area (Å²) in [5.41, 5.74) is 1.59. The fraction of sp³-hybridized carbons (Fsp3) is 0.594. The number of imidazole rings is 1. The highest BCUT2D eigenvalue weighted by molar-refractivity contribution is 7.89. The summed E-state index contributed by atoms with van der Waals surface area (Å²) in [6.07, 6.45) is 9.82. The number of nitrogens with zero attached hydrogens (tertiary/aromatic N) is 3. The fourth-order valence-corrected chi connectivity index (χ4v) is 8.66.